The summed E-state index contributed by atoms with van der Waals surface area (Å²) in [6.07, 6.45) is -1.70. The van der Waals surface area contributed by atoms with E-state index in [0.29, 0.717) is 11.1 Å². The summed E-state index contributed by atoms with van der Waals surface area (Å²) in [5.74, 6) is -7.10. The van der Waals surface area contributed by atoms with Crippen molar-refractivity contribution in [1.82, 2.24) is 21.3 Å². The molecular weight excluding hydrogens is 604 g/mol. The van der Waals surface area contributed by atoms with Crippen LogP contribution in [0.15, 0.2) is 54.6 Å². The maximum Gasteiger partial charge on any atom is 0.325 e. The Bertz CT molecular complexity index is 1400. The molecule has 2 aromatic rings. The zero-order valence-corrected chi connectivity index (χ0v) is 25.0. The van der Waals surface area contributed by atoms with Gasteiger partial charge in [0.2, 0.25) is 29.5 Å². The second kappa shape index (κ2) is 17.7. The van der Waals surface area contributed by atoms with Crippen LogP contribution in [-0.4, -0.2) is 87.0 Å². The van der Waals surface area contributed by atoms with E-state index in [1.807, 2.05) is 0 Å². The Balaban J connectivity index is 2.37. The van der Waals surface area contributed by atoms with Gasteiger partial charge in [-0.15, -0.1) is 0 Å². The number of carboxylic acids is 2. The van der Waals surface area contributed by atoms with Gasteiger partial charge in [-0.3, -0.25) is 33.6 Å². The van der Waals surface area contributed by atoms with Crippen LogP contribution in [0.2, 0.25) is 0 Å². The maximum atomic E-state index is 13.7. The molecule has 0 saturated carbocycles. The molecule has 5 amide bonds. The SMILES string of the molecule is C[C@H](NC(=O)[C@H](Cc1ccc(O)cc1)NC(=O)[C@H](Cc1ccccc1)NC(=O)[C@H](CCC(=O)O)NC(=O)[C@@H](N)CC(N)=O)C(=O)O. The number of nitrogens with two attached hydrogens (primary N) is 2. The van der Waals surface area contributed by atoms with Gasteiger partial charge in [0, 0.05) is 19.3 Å². The van der Waals surface area contributed by atoms with Crippen LogP contribution in [-0.2, 0) is 46.4 Å². The van der Waals surface area contributed by atoms with Gasteiger partial charge in [-0.1, -0.05) is 42.5 Å². The highest BCUT2D eigenvalue weighted by atomic mass is 16.4. The smallest absolute Gasteiger partial charge is 0.325 e. The van der Waals surface area contributed by atoms with Crippen molar-refractivity contribution in [3.8, 4) is 5.75 Å². The summed E-state index contributed by atoms with van der Waals surface area (Å²) in [7, 11) is 0. The molecule has 0 aliphatic rings. The third-order valence-corrected chi connectivity index (χ3v) is 6.69. The standard InChI is InChI=1S/C30H38N6O10/c1-16(30(45)46)33-28(43)22(14-18-7-9-19(37)10-8-18)36-29(44)23(13-17-5-3-2-4-6-17)35-27(42)21(11-12-25(39)40)34-26(41)20(31)15-24(32)38/h2-10,16,20-23,37H,11-15,31H2,1H3,(H2,32,38)(H,33,43)(H,34,41)(H,35,42)(H,36,44)(H,39,40)(H,45,46)/t16-,20-,21-,22-,23-/m0/s1. The van der Waals surface area contributed by atoms with Crippen molar-refractivity contribution in [2.45, 2.75) is 69.2 Å². The highest BCUT2D eigenvalue weighted by Gasteiger charge is 2.32. The molecule has 5 atom stereocenters. The number of carboxylic acid groups (broad SMARTS) is 2. The Morgan fingerprint density at radius 1 is 0.696 bits per heavy atom. The highest BCUT2D eigenvalue weighted by molar-refractivity contribution is 5.96. The van der Waals surface area contributed by atoms with Crippen LogP contribution >= 0.6 is 0 Å². The lowest BCUT2D eigenvalue weighted by Crippen LogP contribution is -2.59. The molecule has 0 fully saturated rings. The number of primary amides is 1. The Morgan fingerprint density at radius 3 is 1.67 bits per heavy atom. The van der Waals surface area contributed by atoms with E-state index in [2.05, 4.69) is 21.3 Å². The zero-order valence-electron chi connectivity index (χ0n) is 25.0. The van der Waals surface area contributed by atoms with Gasteiger partial charge in [-0.25, -0.2) is 0 Å². The number of hydrogen-bond donors (Lipinski definition) is 9. The van der Waals surface area contributed by atoms with Crippen LogP contribution < -0.4 is 32.7 Å². The number of phenolic OH excluding ortho intramolecular Hbond substituents is 1. The summed E-state index contributed by atoms with van der Waals surface area (Å²) in [6, 6.07) is 7.29. The van der Waals surface area contributed by atoms with E-state index in [9.17, 15) is 48.9 Å². The summed E-state index contributed by atoms with van der Waals surface area (Å²) < 4.78 is 0. The third kappa shape index (κ3) is 12.6. The van der Waals surface area contributed by atoms with Gasteiger partial charge < -0.3 is 48.1 Å². The monoisotopic (exact) mass is 642 g/mol. The van der Waals surface area contributed by atoms with Crippen LogP contribution in [0.3, 0.4) is 0 Å². The molecule has 46 heavy (non-hydrogen) atoms. The van der Waals surface area contributed by atoms with Crippen LogP contribution in [0.5, 0.6) is 5.75 Å². The number of rotatable bonds is 18. The molecule has 0 aliphatic heterocycles. The van der Waals surface area contributed by atoms with Gasteiger partial charge in [0.05, 0.1) is 12.5 Å². The molecule has 248 valence electrons. The first kappa shape index (κ1) is 36.7. The predicted molar refractivity (Wildman–Crippen MR) is 162 cm³/mol. The maximum absolute atomic E-state index is 13.7. The van der Waals surface area contributed by atoms with Crippen LogP contribution in [0.25, 0.3) is 0 Å². The molecule has 0 unspecified atom stereocenters. The Hall–Kier alpha value is -5.51. The van der Waals surface area contributed by atoms with Crippen molar-refractivity contribution in [1.29, 1.82) is 0 Å². The number of phenols is 1. The molecule has 0 aliphatic carbocycles. The molecule has 2 rings (SSSR count). The minimum Gasteiger partial charge on any atom is -0.508 e. The second-order valence-corrected chi connectivity index (χ2v) is 10.5. The van der Waals surface area contributed by atoms with E-state index >= 15 is 0 Å². The molecule has 0 saturated heterocycles. The van der Waals surface area contributed by atoms with E-state index in [1.165, 1.54) is 31.2 Å². The van der Waals surface area contributed by atoms with E-state index in [1.54, 1.807) is 30.3 Å². The first-order chi connectivity index (χ1) is 21.7. The lowest BCUT2D eigenvalue weighted by Gasteiger charge is -2.26. The molecule has 2 aromatic carbocycles. The molecular formula is C30H38N6O10. The second-order valence-electron chi connectivity index (χ2n) is 10.5. The number of carbonyl (C=O) groups excluding carboxylic acids is 5. The topological polar surface area (TPSA) is 280 Å². The van der Waals surface area contributed by atoms with Crippen molar-refractivity contribution < 1.29 is 48.9 Å². The van der Waals surface area contributed by atoms with Gasteiger partial charge in [0.15, 0.2) is 0 Å². The molecule has 0 bridgehead atoms. The van der Waals surface area contributed by atoms with E-state index < -0.39 is 90.9 Å². The molecule has 0 heterocycles. The fourth-order valence-electron chi connectivity index (χ4n) is 4.18. The van der Waals surface area contributed by atoms with Gasteiger partial charge in [0.25, 0.3) is 0 Å². The van der Waals surface area contributed by atoms with E-state index in [0.717, 1.165) is 0 Å². The number of aliphatic carboxylic acids is 2. The normalized spacial score (nSPS) is 14.0. The molecule has 16 nitrogen and oxygen atoms in total. The minimum absolute atomic E-state index is 0.0425. The van der Waals surface area contributed by atoms with Gasteiger partial charge >= 0.3 is 11.9 Å². The van der Waals surface area contributed by atoms with Crippen molar-refractivity contribution in [2.75, 3.05) is 0 Å². The molecule has 16 heteroatoms. The van der Waals surface area contributed by atoms with Crippen molar-refractivity contribution in [3.63, 3.8) is 0 Å². The largest absolute Gasteiger partial charge is 0.508 e. The predicted octanol–water partition coefficient (Wildman–Crippen LogP) is -1.71. The Labute approximate surface area is 263 Å². The number of aromatic hydroxyl groups is 1. The van der Waals surface area contributed by atoms with Gasteiger partial charge in [0.1, 0.15) is 29.9 Å². The minimum atomic E-state index is -1.49. The van der Waals surface area contributed by atoms with Crippen LogP contribution in [0.4, 0.5) is 0 Å². The average molecular weight is 643 g/mol. The number of carbonyl (C=O) groups is 7. The summed E-state index contributed by atoms with van der Waals surface area (Å²) in [5.41, 5.74) is 11.9. The Morgan fingerprint density at radius 2 is 1.17 bits per heavy atom. The number of hydrogen-bond acceptors (Lipinski definition) is 9. The first-order valence-electron chi connectivity index (χ1n) is 14.2. The van der Waals surface area contributed by atoms with Gasteiger partial charge in [-0.2, -0.15) is 0 Å². The molecule has 0 spiro atoms. The van der Waals surface area contributed by atoms with Crippen LogP contribution in [0, 0.1) is 0 Å². The van der Waals surface area contributed by atoms with Crippen molar-refractivity contribution >= 4 is 41.5 Å². The molecule has 11 N–H and O–H groups in total. The lowest BCUT2D eigenvalue weighted by atomic mass is 10.0. The molecule has 0 aromatic heterocycles. The highest BCUT2D eigenvalue weighted by Crippen LogP contribution is 2.13. The fraction of sp³-hybridized carbons (Fsp3) is 0.367. The molecule has 0 radical (unpaired) electrons. The third-order valence-electron chi connectivity index (χ3n) is 6.69. The van der Waals surface area contributed by atoms with Crippen molar-refractivity contribution in [3.05, 3.63) is 65.7 Å². The Kier molecular flexibility index (Phi) is 14.1. The van der Waals surface area contributed by atoms with Crippen LogP contribution in [0.1, 0.15) is 37.3 Å². The quantitative estimate of drug-likeness (QED) is 0.0882. The number of nitrogens with one attached hydrogen (secondary N) is 4. The lowest BCUT2D eigenvalue weighted by molar-refractivity contribution is -0.142. The van der Waals surface area contributed by atoms with Gasteiger partial charge in [-0.05, 0) is 36.6 Å². The summed E-state index contributed by atoms with van der Waals surface area (Å²) in [4.78, 5) is 86.6. The fourth-order valence-corrected chi connectivity index (χ4v) is 4.18. The first-order valence-corrected chi connectivity index (χ1v) is 14.2. The summed E-state index contributed by atoms with van der Waals surface area (Å²) in [6.45, 7) is 1.24. The number of benzene rings is 2. The van der Waals surface area contributed by atoms with E-state index in [-0.39, 0.29) is 18.6 Å². The zero-order chi connectivity index (χ0) is 34.4. The summed E-state index contributed by atoms with van der Waals surface area (Å²) >= 11 is 0. The summed E-state index contributed by atoms with van der Waals surface area (Å²) in [5, 5.41) is 37.7. The average Bonchev–Trinajstić information content (AvgIpc) is 2.99. The number of amides is 5. The van der Waals surface area contributed by atoms with E-state index in [4.69, 9.17) is 11.5 Å². The van der Waals surface area contributed by atoms with Crippen molar-refractivity contribution in [2.24, 2.45) is 11.5 Å².